The first-order valence-electron chi connectivity index (χ1n) is 6.87. The van der Waals surface area contributed by atoms with Crippen molar-refractivity contribution in [2.24, 2.45) is 5.92 Å². The first-order valence-corrected chi connectivity index (χ1v) is 7.62. The Kier molecular flexibility index (Phi) is 7.67. The maximum Gasteiger partial charge on any atom is 0.0945 e. The number of benzene rings is 1. The molecule has 1 aromatic rings. The predicted octanol–water partition coefficient (Wildman–Crippen LogP) is 4.22. The third-order valence-corrected chi connectivity index (χ3v) is 3.38. The van der Waals surface area contributed by atoms with Gasteiger partial charge in [-0.05, 0) is 37.5 Å². The van der Waals surface area contributed by atoms with Crippen molar-refractivity contribution < 1.29 is 9.84 Å². The van der Waals surface area contributed by atoms with Crippen molar-refractivity contribution in [1.29, 1.82) is 0 Å². The maximum absolute atomic E-state index is 9.88. The molecule has 0 amide bonds. The number of anilines is 1. The van der Waals surface area contributed by atoms with E-state index in [1.807, 2.05) is 6.92 Å². The van der Waals surface area contributed by atoms with E-state index < -0.39 is 6.10 Å². The van der Waals surface area contributed by atoms with Crippen LogP contribution in [0.5, 0.6) is 0 Å². The van der Waals surface area contributed by atoms with Crippen molar-refractivity contribution in [3.05, 3.63) is 28.2 Å². The largest absolute Gasteiger partial charge is 0.389 e. The fourth-order valence-corrected chi connectivity index (χ4v) is 2.40. The molecule has 2 unspecified atom stereocenters. The lowest BCUT2D eigenvalue weighted by atomic mass is 10.1. The number of ether oxygens (including phenoxy) is 1. The standard InChI is InChI=1S/C15H23Cl2NO2/c1-10(2)6-11(3)20-9-13(19)8-18-15-5-4-12(16)7-14(15)17/h4-5,7,10-11,13,18-19H,6,8-9H2,1-3H3. The van der Waals surface area contributed by atoms with Crippen LogP contribution in [-0.2, 0) is 4.74 Å². The van der Waals surface area contributed by atoms with E-state index in [1.54, 1.807) is 18.2 Å². The lowest BCUT2D eigenvalue weighted by molar-refractivity contribution is -0.00443. The van der Waals surface area contributed by atoms with Crippen LogP contribution in [0.1, 0.15) is 27.2 Å². The molecule has 0 radical (unpaired) electrons. The van der Waals surface area contributed by atoms with E-state index in [4.69, 9.17) is 27.9 Å². The lowest BCUT2D eigenvalue weighted by Gasteiger charge is -2.19. The van der Waals surface area contributed by atoms with Crippen molar-refractivity contribution in [3.63, 3.8) is 0 Å². The maximum atomic E-state index is 9.88. The molecule has 0 aliphatic carbocycles. The third-order valence-electron chi connectivity index (χ3n) is 2.84. The Morgan fingerprint density at radius 2 is 1.95 bits per heavy atom. The Labute approximate surface area is 131 Å². The van der Waals surface area contributed by atoms with E-state index in [0.717, 1.165) is 12.1 Å². The van der Waals surface area contributed by atoms with Crippen molar-refractivity contribution in [3.8, 4) is 0 Å². The highest BCUT2D eigenvalue weighted by Crippen LogP contribution is 2.25. The highest BCUT2D eigenvalue weighted by molar-refractivity contribution is 6.36. The molecule has 3 nitrogen and oxygen atoms in total. The highest BCUT2D eigenvalue weighted by atomic mass is 35.5. The molecule has 2 atom stereocenters. The molecule has 0 saturated heterocycles. The van der Waals surface area contributed by atoms with Crippen LogP contribution in [0.4, 0.5) is 5.69 Å². The molecule has 1 aromatic carbocycles. The van der Waals surface area contributed by atoms with Gasteiger partial charge in [0.15, 0.2) is 0 Å². The first kappa shape index (κ1) is 17.6. The van der Waals surface area contributed by atoms with Gasteiger partial charge in [0.2, 0.25) is 0 Å². The number of hydrogen-bond donors (Lipinski definition) is 2. The van der Waals surface area contributed by atoms with Crippen LogP contribution in [0.15, 0.2) is 18.2 Å². The number of rotatable bonds is 8. The van der Waals surface area contributed by atoms with Gasteiger partial charge in [-0.2, -0.15) is 0 Å². The van der Waals surface area contributed by atoms with Crippen LogP contribution in [-0.4, -0.2) is 30.5 Å². The van der Waals surface area contributed by atoms with Gasteiger partial charge in [-0.3, -0.25) is 0 Å². The van der Waals surface area contributed by atoms with Gasteiger partial charge in [-0.25, -0.2) is 0 Å². The van der Waals surface area contributed by atoms with Gasteiger partial charge in [-0.15, -0.1) is 0 Å². The molecule has 0 bridgehead atoms. The van der Waals surface area contributed by atoms with E-state index in [2.05, 4.69) is 19.2 Å². The van der Waals surface area contributed by atoms with Crippen molar-refractivity contribution in [2.45, 2.75) is 39.4 Å². The van der Waals surface area contributed by atoms with Crippen molar-refractivity contribution in [2.75, 3.05) is 18.5 Å². The summed E-state index contributed by atoms with van der Waals surface area (Å²) >= 11 is 11.9. The van der Waals surface area contributed by atoms with Gasteiger partial charge >= 0.3 is 0 Å². The van der Waals surface area contributed by atoms with Gasteiger partial charge in [0.05, 0.1) is 29.5 Å². The molecular formula is C15H23Cl2NO2. The smallest absolute Gasteiger partial charge is 0.0945 e. The molecule has 0 aliphatic rings. The van der Waals surface area contributed by atoms with Gasteiger partial charge in [0, 0.05) is 11.6 Å². The predicted molar refractivity (Wildman–Crippen MR) is 85.8 cm³/mol. The molecule has 0 heterocycles. The zero-order valence-corrected chi connectivity index (χ0v) is 13.7. The average molecular weight is 320 g/mol. The molecule has 5 heteroatoms. The molecule has 0 saturated carbocycles. The van der Waals surface area contributed by atoms with Crippen LogP contribution >= 0.6 is 23.2 Å². The molecule has 0 aliphatic heterocycles. The summed E-state index contributed by atoms with van der Waals surface area (Å²) < 4.78 is 5.61. The fraction of sp³-hybridized carbons (Fsp3) is 0.600. The average Bonchev–Trinajstić information content (AvgIpc) is 2.34. The van der Waals surface area contributed by atoms with Gasteiger partial charge in [0.1, 0.15) is 0 Å². The van der Waals surface area contributed by atoms with E-state index in [-0.39, 0.29) is 6.10 Å². The fourth-order valence-electron chi connectivity index (χ4n) is 1.93. The Balaban J connectivity index is 2.30. The van der Waals surface area contributed by atoms with Crippen LogP contribution < -0.4 is 5.32 Å². The summed E-state index contributed by atoms with van der Waals surface area (Å²) in [5.41, 5.74) is 0.755. The number of aliphatic hydroxyl groups is 1. The second-order valence-electron chi connectivity index (χ2n) is 5.43. The summed E-state index contributed by atoms with van der Waals surface area (Å²) in [7, 11) is 0. The Hall–Kier alpha value is -0.480. The lowest BCUT2D eigenvalue weighted by Crippen LogP contribution is -2.27. The van der Waals surface area contributed by atoms with Crippen LogP contribution in [0, 0.1) is 5.92 Å². The second kappa shape index (κ2) is 8.73. The molecule has 1 rings (SSSR count). The molecule has 0 fully saturated rings. The summed E-state index contributed by atoms with van der Waals surface area (Å²) in [6.45, 7) is 7.03. The summed E-state index contributed by atoms with van der Waals surface area (Å²) in [4.78, 5) is 0. The minimum atomic E-state index is -0.573. The zero-order chi connectivity index (χ0) is 15.1. The van der Waals surface area contributed by atoms with E-state index in [0.29, 0.717) is 29.1 Å². The monoisotopic (exact) mass is 319 g/mol. The third kappa shape index (κ3) is 6.80. The highest BCUT2D eigenvalue weighted by Gasteiger charge is 2.10. The first-order chi connectivity index (χ1) is 9.38. The number of aliphatic hydroxyl groups excluding tert-OH is 1. The SMILES string of the molecule is CC(C)CC(C)OCC(O)CNc1ccc(Cl)cc1Cl. The summed E-state index contributed by atoms with van der Waals surface area (Å²) in [6, 6.07) is 5.21. The van der Waals surface area contributed by atoms with Gasteiger partial charge in [0.25, 0.3) is 0 Å². The van der Waals surface area contributed by atoms with Crippen LogP contribution in [0.25, 0.3) is 0 Å². The molecule has 20 heavy (non-hydrogen) atoms. The summed E-state index contributed by atoms with van der Waals surface area (Å²) in [5.74, 6) is 0.591. The van der Waals surface area contributed by atoms with E-state index in [9.17, 15) is 5.11 Å². The molecule has 114 valence electrons. The molecule has 0 aromatic heterocycles. The minimum Gasteiger partial charge on any atom is -0.389 e. The zero-order valence-electron chi connectivity index (χ0n) is 12.2. The van der Waals surface area contributed by atoms with Crippen LogP contribution in [0.3, 0.4) is 0 Å². The number of halogens is 2. The molecular weight excluding hydrogens is 297 g/mol. The van der Waals surface area contributed by atoms with E-state index in [1.165, 1.54) is 0 Å². The number of hydrogen-bond acceptors (Lipinski definition) is 3. The minimum absolute atomic E-state index is 0.156. The molecule has 0 spiro atoms. The Morgan fingerprint density at radius 3 is 2.55 bits per heavy atom. The van der Waals surface area contributed by atoms with Crippen molar-refractivity contribution in [1.82, 2.24) is 0 Å². The normalized spacial score (nSPS) is 14.3. The summed E-state index contributed by atoms with van der Waals surface area (Å²) in [5, 5.41) is 14.1. The van der Waals surface area contributed by atoms with Crippen molar-refractivity contribution >= 4 is 28.9 Å². The number of nitrogens with one attached hydrogen (secondary N) is 1. The van der Waals surface area contributed by atoms with E-state index >= 15 is 0 Å². The Bertz CT molecular complexity index is 413. The Morgan fingerprint density at radius 1 is 1.25 bits per heavy atom. The van der Waals surface area contributed by atoms with Crippen LogP contribution in [0.2, 0.25) is 10.0 Å². The topological polar surface area (TPSA) is 41.5 Å². The second-order valence-corrected chi connectivity index (χ2v) is 6.28. The van der Waals surface area contributed by atoms with Gasteiger partial charge in [-0.1, -0.05) is 37.0 Å². The quantitative estimate of drug-likeness (QED) is 0.753. The van der Waals surface area contributed by atoms with Gasteiger partial charge < -0.3 is 15.2 Å². The molecule has 2 N–H and O–H groups in total. The summed E-state index contributed by atoms with van der Waals surface area (Å²) in [6.07, 6.45) is 0.573.